The van der Waals surface area contributed by atoms with E-state index < -0.39 is 9.84 Å². The van der Waals surface area contributed by atoms with Crippen molar-refractivity contribution in [1.82, 2.24) is 25.1 Å². The molecule has 0 radical (unpaired) electrons. The summed E-state index contributed by atoms with van der Waals surface area (Å²) in [6, 6.07) is 1.74. The molecule has 3 rings (SSSR count). The maximum absolute atomic E-state index is 12.5. The molecule has 3 aromatic heterocycles. The van der Waals surface area contributed by atoms with E-state index in [1.54, 1.807) is 19.3 Å². The Morgan fingerprint density at radius 1 is 1.54 bits per heavy atom. The zero-order chi connectivity index (χ0) is 17.5. The number of amides is 1. The van der Waals surface area contributed by atoms with Crippen molar-refractivity contribution < 1.29 is 13.2 Å². The van der Waals surface area contributed by atoms with Crippen LogP contribution in [0.3, 0.4) is 0 Å². The molecule has 3 aromatic rings. The Balaban J connectivity index is 2.01. The number of fused-ring (bicyclic) bond motifs is 1. The van der Waals surface area contributed by atoms with Crippen molar-refractivity contribution in [2.24, 2.45) is 7.05 Å². The summed E-state index contributed by atoms with van der Waals surface area (Å²) in [6.45, 7) is 0.237. The predicted molar refractivity (Wildman–Crippen MR) is 89.3 cm³/mol. The third-order valence-electron chi connectivity index (χ3n) is 3.41. The topological polar surface area (TPSA) is 134 Å². The number of nitrogens with one attached hydrogen (secondary N) is 3. The molecule has 0 aromatic carbocycles. The average molecular weight is 366 g/mol. The molecule has 24 heavy (non-hydrogen) atoms. The first-order valence-corrected chi connectivity index (χ1v) is 9.50. The van der Waals surface area contributed by atoms with Crippen LogP contribution in [0.2, 0.25) is 0 Å². The fourth-order valence-corrected chi connectivity index (χ4v) is 4.25. The molecule has 0 saturated carbocycles. The van der Waals surface area contributed by atoms with Crippen LogP contribution in [-0.4, -0.2) is 46.5 Å². The van der Waals surface area contributed by atoms with E-state index in [4.69, 9.17) is 5.41 Å². The van der Waals surface area contributed by atoms with Crippen molar-refractivity contribution >= 4 is 43.6 Å². The molecule has 0 aliphatic carbocycles. The standard InChI is InChI=1S/C13H14N6O3S2/c1-19-9(12(20)15-6-7-3-4-16-18-7)8(5-14)10-11(19)17-13(23-10)24(2,21)22/h3-5,14H,6H2,1-2H3,(H,15,20)(H,16,18). The minimum absolute atomic E-state index is 0.0327. The second-order valence-corrected chi connectivity index (χ2v) is 8.31. The molecule has 3 N–H and O–H groups in total. The van der Waals surface area contributed by atoms with E-state index in [0.29, 0.717) is 21.6 Å². The zero-order valence-corrected chi connectivity index (χ0v) is 14.5. The van der Waals surface area contributed by atoms with Gasteiger partial charge in [-0.1, -0.05) is 0 Å². The van der Waals surface area contributed by atoms with Gasteiger partial charge in [0.1, 0.15) is 5.69 Å². The second-order valence-electron chi connectivity index (χ2n) is 5.12. The molecule has 0 fully saturated rings. The summed E-state index contributed by atoms with van der Waals surface area (Å²) in [6.07, 6.45) is 3.77. The molecular weight excluding hydrogens is 352 g/mol. The first kappa shape index (κ1) is 16.3. The number of H-pyrrole nitrogens is 1. The lowest BCUT2D eigenvalue weighted by Crippen LogP contribution is -2.26. The van der Waals surface area contributed by atoms with Gasteiger partial charge in [-0.15, -0.1) is 11.3 Å². The fourth-order valence-electron chi connectivity index (χ4n) is 2.30. The molecule has 9 nitrogen and oxygen atoms in total. The number of rotatable bonds is 5. The van der Waals surface area contributed by atoms with Crippen LogP contribution in [0, 0.1) is 5.41 Å². The van der Waals surface area contributed by atoms with Gasteiger partial charge < -0.3 is 15.3 Å². The number of aryl methyl sites for hydroxylation is 1. The summed E-state index contributed by atoms with van der Waals surface area (Å²) in [5.74, 6) is -0.384. The van der Waals surface area contributed by atoms with Crippen LogP contribution in [0.4, 0.5) is 0 Å². The first-order chi connectivity index (χ1) is 11.3. The number of carbonyl (C=O) groups is 1. The molecule has 11 heteroatoms. The van der Waals surface area contributed by atoms with Gasteiger partial charge in [-0.05, 0) is 6.07 Å². The number of nitrogens with zero attached hydrogens (tertiary/aromatic N) is 3. The van der Waals surface area contributed by atoms with Gasteiger partial charge in [0.05, 0.1) is 16.9 Å². The van der Waals surface area contributed by atoms with Crippen LogP contribution in [0.25, 0.3) is 10.3 Å². The van der Waals surface area contributed by atoms with Gasteiger partial charge in [-0.2, -0.15) is 5.10 Å². The van der Waals surface area contributed by atoms with Crippen molar-refractivity contribution in [3.05, 3.63) is 29.2 Å². The molecule has 0 unspecified atom stereocenters. The lowest BCUT2D eigenvalue weighted by Gasteiger charge is -2.06. The zero-order valence-electron chi connectivity index (χ0n) is 12.8. The second kappa shape index (κ2) is 5.83. The highest BCUT2D eigenvalue weighted by atomic mass is 32.2. The number of carbonyl (C=O) groups excluding carboxylic acids is 1. The molecule has 3 heterocycles. The van der Waals surface area contributed by atoms with Crippen molar-refractivity contribution in [1.29, 1.82) is 5.41 Å². The molecule has 0 spiro atoms. The molecule has 0 atom stereocenters. The van der Waals surface area contributed by atoms with Gasteiger partial charge >= 0.3 is 0 Å². The number of aromatic amines is 1. The molecule has 0 bridgehead atoms. The van der Waals surface area contributed by atoms with Crippen molar-refractivity contribution in [3.63, 3.8) is 0 Å². The van der Waals surface area contributed by atoms with Gasteiger partial charge in [0, 0.05) is 31.3 Å². The number of hydrogen-bond donors (Lipinski definition) is 3. The minimum atomic E-state index is -3.44. The molecule has 1 amide bonds. The third kappa shape index (κ3) is 2.71. The van der Waals surface area contributed by atoms with E-state index >= 15 is 0 Å². The van der Waals surface area contributed by atoms with Gasteiger partial charge in [-0.3, -0.25) is 9.89 Å². The van der Waals surface area contributed by atoms with Crippen LogP contribution < -0.4 is 5.32 Å². The van der Waals surface area contributed by atoms with E-state index in [0.717, 1.165) is 23.8 Å². The highest BCUT2D eigenvalue weighted by Crippen LogP contribution is 2.31. The van der Waals surface area contributed by atoms with Crippen LogP contribution in [0.15, 0.2) is 16.6 Å². The Kier molecular flexibility index (Phi) is 3.97. The molecule has 0 aliphatic heterocycles. The highest BCUT2D eigenvalue weighted by Gasteiger charge is 2.25. The SMILES string of the molecule is Cn1c(C(=O)NCc2cc[nH]n2)c(C=N)c2sc(S(C)(=O)=O)nc21. The third-order valence-corrected chi connectivity index (χ3v) is 6.16. The largest absolute Gasteiger partial charge is 0.345 e. The van der Waals surface area contributed by atoms with Crippen LogP contribution in [0.5, 0.6) is 0 Å². The summed E-state index contributed by atoms with van der Waals surface area (Å²) in [4.78, 5) is 16.6. The Bertz CT molecular complexity index is 1030. The lowest BCUT2D eigenvalue weighted by atomic mass is 10.2. The van der Waals surface area contributed by atoms with E-state index in [1.165, 1.54) is 4.57 Å². The van der Waals surface area contributed by atoms with Crippen LogP contribution >= 0.6 is 11.3 Å². The Hall–Kier alpha value is -2.53. The predicted octanol–water partition coefficient (Wildman–Crippen LogP) is 0.689. The Morgan fingerprint density at radius 3 is 2.88 bits per heavy atom. The van der Waals surface area contributed by atoms with Gasteiger partial charge in [-0.25, -0.2) is 13.4 Å². The van der Waals surface area contributed by atoms with Crippen LogP contribution in [0.1, 0.15) is 21.7 Å². The molecular formula is C13H14N6O3S2. The smallest absolute Gasteiger partial charge is 0.269 e. The maximum Gasteiger partial charge on any atom is 0.269 e. The van der Waals surface area contributed by atoms with Gasteiger partial charge in [0.25, 0.3) is 5.91 Å². The number of thiazole rings is 1. The average Bonchev–Trinajstić information content (AvgIpc) is 3.21. The van der Waals surface area contributed by atoms with E-state index in [-0.39, 0.29) is 22.5 Å². The number of sulfone groups is 1. The van der Waals surface area contributed by atoms with E-state index in [2.05, 4.69) is 20.5 Å². The van der Waals surface area contributed by atoms with E-state index in [1.807, 2.05) is 0 Å². The van der Waals surface area contributed by atoms with Crippen molar-refractivity contribution in [2.75, 3.05) is 6.26 Å². The quantitative estimate of drug-likeness (QED) is 0.571. The monoisotopic (exact) mass is 366 g/mol. The van der Waals surface area contributed by atoms with E-state index in [9.17, 15) is 13.2 Å². The normalized spacial score (nSPS) is 11.8. The number of hydrogen-bond acceptors (Lipinski definition) is 7. The molecule has 0 aliphatic rings. The summed E-state index contributed by atoms with van der Waals surface area (Å²) >= 11 is 0.955. The Morgan fingerprint density at radius 2 is 2.29 bits per heavy atom. The van der Waals surface area contributed by atoms with Crippen LogP contribution in [-0.2, 0) is 23.4 Å². The summed E-state index contributed by atoms with van der Waals surface area (Å²) in [7, 11) is -1.83. The number of aromatic nitrogens is 4. The maximum atomic E-state index is 12.5. The first-order valence-electron chi connectivity index (χ1n) is 6.79. The van der Waals surface area contributed by atoms with Gasteiger partial charge in [0.2, 0.25) is 14.2 Å². The minimum Gasteiger partial charge on any atom is -0.345 e. The fraction of sp³-hybridized carbons (Fsp3) is 0.231. The molecule has 126 valence electrons. The summed E-state index contributed by atoms with van der Waals surface area (Å²) in [5, 5.41) is 16.9. The molecule has 0 saturated heterocycles. The van der Waals surface area contributed by atoms with Gasteiger partial charge in [0.15, 0.2) is 5.65 Å². The highest BCUT2D eigenvalue weighted by molar-refractivity contribution is 7.92. The van der Waals surface area contributed by atoms with Crippen molar-refractivity contribution in [3.8, 4) is 0 Å². The lowest BCUT2D eigenvalue weighted by molar-refractivity contribution is 0.0942. The van der Waals surface area contributed by atoms with Crippen molar-refractivity contribution in [2.45, 2.75) is 10.9 Å². The Labute approximate surface area is 141 Å². The summed E-state index contributed by atoms with van der Waals surface area (Å²) < 4.78 is 25.3. The summed E-state index contributed by atoms with van der Waals surface area (Å²) in [5.41, 5.74) is 1.64.